The highest BCUT2D eigenvalue weighted by Crippen LogP contribution is 2.33. The van der Waals surface area contributed by atoms with E-state index in [4.69, 9.17) is 14.3 Å². The predicted molar refractivity (Wildman–Crippen MR) is 157 cm³/mol. The summed E-state index contributed by atoms with van der Waals surface area (Å²) in [6.07, 6.45) is 4.01. The number of nitrogens with one attached hydrogen (secondary N) is 2. The molecule has 0 aliphatic carbocycles. The van der Waals surface area contributed by atoms with E-state index in [0.29, 0.717) is 29.9 Å². The molecule has 3 aromatic carbocycles. The predicted octanol–water partition coefficient (Wildman–Crippen LogP) is 4.96. The van der Waals surface area contributed by atoms with Gasteiger partial charge in [0, 0.05) is 11.1 Å². The summed E-state index contributed by atoms with van der Waals surface area (Å²) >= 11 is 0. The first-order valence-corrected chi connectivity index (χ1v) is 13.8. The number of rotatable bonds is 17. The molecule has 0 bridgehead atoms. The molecule has 0 radical (unpaired) electrons. The smallest absolute Gasteiger partial charge is 0.252 e. The molecule has 0 aromatic heterocycles. The molecule has 0 saturated carbocycles. The number of hydrogen-bond donors (Lipinski definition) is 2. The molecular weight excluding hydrogens is 522 g/mol. The van der Waals surface area contributed by atoms with E-state index in [1.165, 1.54) is 5.06 Å². The molecular formula is C32H39N3O6. The van der Waals surface area contributed by atoms with Crippen LogP contribution in [0.25, 0.3) is 11.1 Å². The van der Waals surface area contributed by atoms with Crippen molar-refractivity contribution in [2.45, 2.75) is 39.2 Å². The number of nitrogens with zero attached hydrogens (tertiary/aromatic N) is 1. The van der Waals surface area contributed by atoms with Crippen LogP contribution < -0.4 is 20.1 Å². The van der Waals surface area contributed by atoms with Gasteiger partial charge in [0.15, 0.2) is 0 Å². The van der Waals surface area contributed by atoms with Gasteiger partial charge >= 0.3 is 0 Å². The second-order valence-corrected chi connectivity index (χ2v) is 9.53. The van der Waals surface area contributed by atoms with E-state index in [0.717, 1.165) is 36.0 Å². The maximum atomic E-state index is 13.1. The van der Waals surface area contributed by atoms with Gasteiger partial charge in [-0.05, 0) is 47.9 Å². The van der Waals surface area contributed by atoms with E-state index in [1.54, 1.807) is 38.5 Å². The highest BCUT2D eigenvalue weighted by molar-refractivity contribution is 5.96. The van der Waals surface area contributed by atoms with Crippen LogP contribution in [-0.4, -0.2) is 50.7 Å². The minimum absolute atomic E-state index is 0.0549. The Morgan fingerprint density at radius 2 is 1.73 bits per heavy atom. The summed E-state index contributed by atoms with van der Waals surface area (Å²) in [5, 5.41) is 6.71. The van der Waals surface area contributed by atoms with Crippen molar-refractivity contribution in [1.29, 1.82) is 0 Å². The molecule has 1 atom stereocenters. The van der Waals surface area contributed by atoms with Gasteiger partial charge in [0.25, 0.3) is 5.91 Å². The summed E-state index contributed by atoms with van der Waals surface area (Å²) in [5.74, 6) is 0.249. The quantitative estimate of drug-likeness (QED) is 0.104. The van der Waals surface area contributed by atoms with E-state index in [9.17, 15) is 14.4 Å². The molecule has 9 heteroatoms. The number of carbonyl (C=O) groups is 3. The molecule has 0 spiro atoms. The van der Waals surface area contributed by atoms with Crippen molar-refractivity contribution >= 4 is 18.2 Å². The third kappa shape index (κ3) is 9.65. The van der Waals surface area contributed by atoms with Gasteiger partial charge in [0.1, 0.15) is 18.1 Å². The second kappa shape index (κ2) is 16.7. The first-order chi connectivity index (χ1) is 20.0. The molecule has 0 fully saturated rings. The van der Waals surface area contributed by atoms with Crippen LogP contribution in [0.1, 0.15) is 48.5 Å². The number of hydrogen-bond acceptors (Lipinski definition) is 6. The Morgan fingerprint density at radius 3 is 2.44 bits per heavy atom. The lowest BCUT2D eigenvalue weighted by Crippen LogP contribution is -2.43. The Hall–Kier alpha value is -4.37. The van der Waals surface area contributed by atoms with Gasteiger partial charge in [-0.3, -0.25) is 19.2 Å². The zero-order valence-corrected chi connectivity index (χ0v) is 23.9. The number of unbranched alkanes of at least 4 members (excludes halogenated alkanes) is 2. The van der Waals surface area contributed by atoms with Crippen molar-refractivity contribution in [3.8, 4) is 22.6 Å². The Bertz CT molecular complexity index is 1270. The van der Waals surface area contributed by atoms with Crippen LogP contribution in [0.2, 0.25) is 0 Å². The topological polar surface area (TPSA) is 106 Å². The number of amides is 3. The normalized spacial score (nSPS) is 11.3. The molecule has 2 N–H and O–H groups in total. The molecule has 0 saturated heterocycles. The average molecular weight is 562 g/mol. The van der Waals surface area contributed by atoms with E-state index < -0.39 is 5.92 Å². The third-order valence-corrected chi connectivity index (χ3v) is 6.64. The first-order valence-electron chi connectivity index (χ1n) is 13.8. The maximum Gasteiger partial charge on any atom is 0.252 e. The maximum absolute atomic E-state index is 13.1. The Morgan fingerprint density at radius 1 is 0.927 bits per heavy atom. The van der Waals surface area contributed by atoms with Crippen LogP contribution in [0, 0.1) is 5.92 Å². The minimum Gasteiger partial charge on any atom is -0.497 e. The summed E-state index contributed by atoms with van der Waals surface area (Å²) in [4.78, 5) is 43.3. The van der Waals surface area contributed by atoms with E-state index in [2.05, 4.69) is 17.6 Å². The highest BCUT2D eigenvalue weighted by Gasteiger charge is 2.22. The summed E-state index contributed by atoms with van der Waals surface area (Å²) < 4.78 is 10.8. The van der Waals surface area contributed by atoms with Gasteiger partial charge in [-0.15, -0.1) is 0 Å². The van der Waals surface area contributed by atoms with E-state index >= 15 is 0 Å². The third-order valence-electron chi connectivity index (χ3n) is 6.64. The fourth-order valence-electron chi connectivity index (χ4n) is 4.35. The number of ether oxygens (including phenoxy) is 2. The second-order valence-electron chi connectivity index (χ2n) is 9.53. The molecule has 0 heterocycles. The van der Waals surface area contributed by atoms with Crippen LogP contribution in [0.15, 0.2) is 72.8 Å². The van der Waals surface area contributed by atoms with Crippen molar-refractivity contribution in [3.63, 3.8) is 0 Å². The average Bonchev–Trinajstić information content (AvgIpc) is 3.02. The van der Waals surface area contributed by atoms with Crippen molar-refractivity contribution in [3.05, 3.63) is 83.9 Å². The lowest BCUT2D eigenvalue weighted by molar-refractivity contribution is -0.182. The number of benzene rings is 3. The van der Waals surface area contributed by atoms with Crippen molar-refractivity contribution < 1.29 is 28.7 Å². The molecule has 218 valence electrons. The van der Waals surface area contributed by atoms with Crippen LogP contribution >= 0.6 is 0 Å². The van der Waals surface area contributed by atoms with Gasteiger partial charge < -0.3 is 20.1 Å². The molecule has 0 aliphatic rings. The minimum atomic E-state index is -0.483. The van der Waals surface area contributed by atoms with Gasteiger partial charge in [-0.25, -0.2) is 5.06 Å². The molecule has 0 unspecified atom stereocenters. The molecule has 3 amide bonds. The van der Waals surface area contributed by atoms with Crippen LogP contribution in [0.3, 0.4) is 0 Å². The largest absolute Gasteiger partial charge is 0.497 e. The van der Waals surface area contributed by atoms with Crippen LogP contribution in [0.5, 0.6) is 11.5 Å². The summed E-state index contributed by atoms with van der Waals surface area (Å²) in [5.41, 5.74) is 2.93. The molecule has 3 aromatic rings. The summed E-state index contributed by atoms with van der Waals surface area (Å²) in [6.45, 7) is 2.37. The van der Waals surface area contributed by atoms with E-state index in [-0.39, 0.29) is 31.6 Å². The number of methoxy groups -OCH3 is 2. The van der Waals surface area contributed by atoms with Gasteiger partial charge in [0.05, 0.1) is 33.4 Å². The van der Waals surface area contributed by atoms with Crippen LogP contribution in [-0.2, 0) is 21.0 Å². The number of carbonyl (C=O) groups excluding carboxylic acids is 3. The standard InChI is InChI=1S/C32H39N3O6/c1-4-5-7-13-27(20-35(23-36)41-21-24-11-8-6-9-12-24)32(38)34-22-33-31(37)26-15-10-14-25(18-26)29-19-28(39-2)16-17-30(29)40-3/h6,8-12,14-19,23,27H,4-5,7,13,20-22H2,1-3H3,(H,33,37)(H,34,38)/t27-/m1/s1. The number of hydroxylamine groups is 2. The Balaban J connectivity index is 1.59. The van der Waals surface area contributed by atoms with Crippen molar-refractivity contribution in [2.75, 3.05) is 27.4 Å². The molecule has 0 aliphatic heterocycles. The molecule has 3 rings (SSSR count). The Labute approximate surface area is 241 Å². The monoisotopic (exact) mass is 561 g/mol. The highest BCUT2D eigenvalue weighted by atomic mass is 16.7. The van der Waals surface area contributed by atoms with Gasteiger partial charge in [-0.2, -0.15) is 0 Å². The van der Waals surface area contributed by atoms with Crippen molar-refractivity contribution in [1.82, 2.24) is 15.7 Å². The van der Waals surface area contributed by atoms with Crippen LogP contribution in [0.4, 0.5) is 0 Å². The first kappa shape index (κ1) is 31.2. The van der Waals surface area contributed by atoms with E-state index in [1.807, 2.05) is 48.5 Å². The molecule has 41 heavy (non-hydrogen) atoms. The summed E-state index contributed by atoms with van der Waals surface area (Å²) in [6, 6.07) is 22.1. The van der Waals surface area contributed by atoms with Gasteiger partial charge in [0.2, 0.25) is 12.3 Å². The summed E-state index contributed by atoms with van der Waals surface area (Å²) in [7, 11) is 3.18. The SMILES string of the molecule is CCCCC[C@H](CN(C=O)OCc1ccccc1)C(=O)NCNC(=O)c1cccc(-c2cc(OC)ccc2OC)c1. The Kier molecular flexibility index (Phi) is 12.7. The van der Waals surface area contributed by atoms with Gasteiger partial charge in [-0.1, -0.05) is 68.7 Å². The van der Waals surface area contributed by atoms with Crippen molar-refractivity contribution in [2.24, 2.45) is 5.92 Å². The zero-order valence-electron chi connectivity index (χ0n) is 23.9. The lowest BCUT2D eigenvalue weighted by atomic mass is 10.00. The zero-order chi connectivity index (χ0) is 29.5. The molecule has 9 nitrogen and oxygen atoms in total. The lowest BCUT2D eigenvalue weighted by Gasteiger charge is -2.23. The fraction of sp³-hybridized carbons (Fsp3) is 0.344. The fourth-order valence-corrected chi connectivity index (χ4v) is 4.35.